The van der Waals surface area contributed by atoms with Crippen LogP contribution in [-0.2, 0) is 9.59 Å². The molecule has 0 aliphatic carbocycles. The van der Waals surface area contributed by atoms with E-state index in [-0.39, 0.29) is 17.8 Å². The molecule has 29 heavy (non-hydrogen) atoms. The molecule has 1 N–H and O–H groups in total. The van der Waals surface area contributed by atoms with Crippen LogP contribution in [0.5, 0.6) is 5.75 Å². The van der Waals surface area contributed by atoms with Crippen molar-refractivity contribution in [3.8, 4) is 5.75 Å². The molecule has 4 rings (SSSR count). The Labute approximate surface area is 168 Å². The van der Waals surface area contributed by atoms with Crippen molar-refractivity contribution in [2.75, 3.05) is 12.0 Å². The number of aliphatic hydroxyl groups is 1. The molecule has 0 bridgehead atoms. The van der Waals surface area contributed by atoms with Gasteiger partial charge in [-0.3, -0.25) is 14.5 Å². The van der Waals surface area contributed by atoms with Gasteiger partial charge in [-0.25, -0.2) is 0 Å². The Morgan fingerprint density at radius 3 is 2.41 bits per heavy atom. The third kappa shape index (κ3) is 3.05. The SMILES string of the molecule is CCC(=O)C1=C(O)C(=O)N(c2ccc(OC)cc2)C1c1cccc2ccccc12. The summed E-state index contributed by atoms with van der Waals surface area (Å²) in [6.07, 6.45) is 0.199. The summed E-state index contributed by atoms with van der Waals surface area (Å²) in [5.74, 6) is -0.649. The fourth-order valence-corrected chi connectivity index (χ4v) is 3.87. The highest BCUT2D eigenvalue weighted by atomic mass is 16.5. The molecule has 1 unspecified atom stereocenters. The molecule has 5 nitrogen and oxygen atoms in total. The highest BCUT2D eigenvalue weighted by molar-refractivity contribution is 6.17. The van der Waals surface area contributed by atoms with Crippen LogP contribution in [0.2, 0.25) is 0 Å². The van der Waals surface area contributed by atoms with E-state index in [9.17, 15) is 14.7 Å². The second-order valence-corrected chi connectivity index (χ2v) is 6.88. The van der Waals surface area contributed by atoms with Crippen molar-refractivity contribution in [1.82, 2.24) is 0 Å². The van der Waals surface area contributed by atoms with E-state index in [2.05, 4.69) is 0 Å². The third-order valence-electron chi connectivity index (χ3n) is 5.30. The Bertz CT molecular complexity index is 1130. The molecule has 146 valence electrons. The van der Waals surface area contributed by atoms with Crippen molar-refractivity contribution < 1.29 is 19.4 Å². The second-order valence-electron chi connectivity index (χ2n) is 6.88. The van der Waals surface area contributed by atoms with E-state index in [1.54, 1.807) is 38.3 Å². The number of ketones is 1. The standard InChI is InChI=1S/C24H21NO4/c1-3-20(26)21-22(19-10-6-8-15-7-4-5-9-18(15)19)25(24(28)23(21)27)16-11-13-17(29-2)14-12-16/h4-14,22,27H,3H2,1-2H3. The van der Waals surface area contributed by atoms with E-state index in [1.807, 2.05) is 42.5 Å². The van der Waals surface area contributed by atoms with E-state index in [4.69, 9.17) is 4.74 Å². The van der Waals surface area contributed by atoms with Gasteiger partial charge in [0.15, 0.2) is 11.5 Å². The van der Waals surface area contributed by atoms with Crippen LogP contribution in [0, 0.1) is 0 Å². The molecular weight excluding hydrogens is 366 g/mol. The molecule has 1 amide bonds. The number of fused-ring (bicyclic) bond motifs is 1. The Morgan fingerprint density at radius 2 is 1.72 bits per heavy atom. The van der Waals surface area contributed by atoms with Crippen LogP contribution in [0.15, 0.2) is 78.1 Å². The molecule has 5 heteroatoms. The molecule has 3 aromatic carbocycles. The van der Waals surface area contributed by atoms with Gasteiger partial charge >= 0.3 is 0 Å². The van der Waals surface area contributed by atoms with Gasteiger partial charge in [-0.2, -0.15) is 0 Å². The lowest BCUT2D eigenvalue weighted by Gasteiger charge is -2.28. The van der Waals surface area contributed by atoms with Crippen LogP contribution in [0.1, 0.15) is 24.9 Å². The van der Waals surface area contributed by atoms with Gasteiger partial charge in [-0.05, 0) is 40.6 Å². The maximum atomic E-state index is 13.0. The Kier molecular flexibility index (Phi) is 4.80. The molecule has 3 aromatic rings. The molecule has 1 heterocycles. The first-order valence-electron chi connectivity index (χ1n) is 9.48. The average molecular weight is 387 g/mol. The van der Waals surface area contributed by atoms with Crippen molar-refractivity contribution in [3.05, 3.63) is 83.6 Å². The van der Waals surface area contributed by atoms with Gasteiger partial charge in [-0.15, -0.1) is 0 Å². The summed E-state index contributed by atoms with van der Waals surface area (Å²) in [6.45, 7) is 1.73. The first-order chi connectivity index (χ1) is 14.1. The molecule has 0 spiro atoms. The van der Waals surface area contributed by atoms with Crippen molar-refractivity contribution in [3.63, 3.8) is 0 Å². The predicted molar refractivity (Wildman–Crippen MR) is 112 cm³/mol. The number of hydrogen-bond donors (Lipinski definition) is 1. The maximum absolute atomic E-state index is 13.0. The van der Waals surface area contributed by atoms with Crippen molar-refractivity contribution in [1.29, 1.82) is 0 Å². The molecule has 0 radical (unpaired) electrons. The predicted octanol–water partition coefficient (Wildman–Crippen LogP) is 4.73. The lowest BCUT2D eigenvalue weighted by atomic mass is 9.91. The minimum atomic E-state index is -0.700. The minimum Gasteiger partial charge on any atom is -0.503 e. The highest BCUT2D eigenvalue weighted by Crippen LogP contribution is 2.43. The van der Waals surface area contributed by atoms with Gasteiger partial charge < -0.3 is 9.84 Å². The van der Waals surface area contributed by atoms with Gasteiger partial charge in [0, 0.05) is 12.1 Å². The zero-order valence-corrected chi connectivity index (χ0v) is 16.3. The number of carbonyl (C=O) groups excluding carboxylic acids is 2. The Balaban J connectivity index is 1.95. The number of ether oxygens (including phenoxy) is 1. The van der Waals surface area contributed by atoms with Crippen LogP contribution in [0.3, 0.4) is 0 Å². The number of amides is 1. The fourth-order valence-electron chi connectivity index (χ4n) is 3.87. The number of anilines is 1. The van der Waals surface area contributed by atoms with Gasteiger partial charge in [0.1, 0.15) is 5.75 Å². The molecule has 1 aliphatic rings. The summed E-state index contributed by atoms with van der Waals surface area (Å²) in [5.41, 5.74) is 1.52. The topological polar surface area (TPSA) is 66.8 Å². The summed E-state index contributed by atoms with van der Waals surface area (Å²) in [4.78, 5) is 27.3. The van der Waals surface area contributed by atoms with Crippen LogP contribution in [0.4, 0.5) is 5.69 Å². The number of benzene rings is 3. The molecule has 0 aromatic heterocycles. The highest BCUT2D eigenvalue weighted by Gasteiger charge is 2.44. The quantitative estimate of drug-likeness (QED) is 0.687. The number of aliphatic hydroxyl groups excluding tert-OH is 1. The Morgan fingerprint density at radius 1 is 1.03 bits per heavy atom. The van der Waals surface area contributed by atoms with E-state index in [0.717, 1.165) is 16.3 Å². The molecular formula is C24H21NO4. The zero-order valence-electron chi connectivity index (χ0n) is 16.3. The smallest absolute Gasteiger partial charge is 0.294 e. The lowest BCUT2D eigenvalue weighted by Crippen LogP contribution is -2.31. The normalized spacial score (nSPS) is 16.6. The Hall–Kier alpha value is -3.60. The monoisotopic (exact) mass is 387 g/mol. The number of methoxy groups -OCH3 is 1. The van der Waals surface area contributed by atoms with Gasteiger partial charge in [-0.1, -0.05) is 49.4 Å². The third-order valence-corrected chi connectivity index (χ3v) is 5.30. The molecule has 0 fully saturated rings. The number of carbonyl (C=O) groups is 2. The largest absolute Gasteiger partial charge is 0.503 e. The van der Waals surface area contributed by atoms with E-state index in [1.165, 1.54) is 4.90 Å². The molecule has 1 atom stereocenters. The van der Waals surface area contributed by atoms with E-state index in [0.29, 0.717) is 11.4 Å². The van der Waals surface area contributed by atoms with E-state index < -0.39 is 17.7 Å². The van der Waals surface area contributed by atoms with Crippen LogP contribution in [0.25, 0.3) is 10.8 Å². The number of nitrogens with zero attached hydrogens (tertiary/aromatic N) is 1. The van der Waals surface area contributed by atoms with Crippen molar-refractivity contribution in [2.24, 2.45) is 0 Å². The average Bonchev–Trinajstić information content (AvgIpc) is 3.03. The van der Waals surface area contributed by atoms with Crippen LogP contribution < -0.4 is 9.64 Å². The van der Waals surface area contributed by atoms with Gasteiger partial charge in [0.05, 0.1) is 18.7 Å². The summed E-state index contributed by atoms with van der Waals surface area (Å²) in [5, 5.41) is 12.6. The zero-order chi connectivity index (χ0) is 20.5. The van der Waals surface area contributed by atoms with Crippen LogP contribution >= 0.6 is 0 Å². The summed E-state index contributed by atoms with van der Waals surface area (Å²) >= 11 is 0. The van der Waals surface area contributed by atoms with Crippen molar-refractivity contribution in [2.45, 2.75) is 19.4 Å². The second kappa shape index (κ2) is 7.43. The summed E-state index contributed by atoms with van der Waals surface area (Å²) in [6, 6.07) is 19.9. The summed E-state index contributed by atoms with van der Waals surface area (Å²) < 4.78 is 5.21. The first kappa shape index (κ1) is 18.7. The maximum Gasteiger partial charge on any atom is 0.294 e. The number of rotatable bonds is 5. The molecule has 0 saturated heterocycles. The number of Topliss-reactive ketones (excluding diaryl/α,β-unsaturated/α-hetero) is 1. The summed E-state index contributed by atoms with van der Waals surface area (Å²) in [7, 11) is 1.57. The van der Waals surface area contributed by atoms with Crippen LogP contribution in [-0.4, -0.2) is 23.9 Å². The fraction of sp³-hybridized carbons (Fsp3) is 0.167. The minimum absolute atomic E-state index is 0.143. The molecule has 0 saturated carbocycles. The van der Waals surface area contributed by atoms with Gasteiger partial charge in [0.25, 0.3) is 5.91 Å². The molecule has 1 aliphatic heterocycles. The van der Waals surface area contributed by atoms with E-state index >= 15 is 0 Å². The number of hydrogen-bond acceptors (Lipinski definition) is 4. The van der Waals surface area contributed by atoms with Gasteiger partial charge in [0.2, 0.25) is 0 Å². The first-order valence-corrected chi connectivity index (χ1v) is 9.48. The lowest BCUT2D eigenvalue weighted by molar-refractivity contribution is -0.118. The van der Waals surface area contributed by atoms with Crippen molar-refractivity contribution >= 4 is 28.2 Å².